The highest BCUT2D eigenvalue weighted by atomic mass is 16.2. The van der Waals surface area contributed by atoms with Gasteiger partial charge in [0, 0.05) is 25.3 Å². The molecule has 0 aromatic heterocycles. The van der Waals surface area contributed by atoms with E-state index in [4.69, 9.17) is 0 Å². The molecule has 1 aromatic carbocycles. The summed E-state index contributed by atoms with van der Waals surface area (Å²) in [6, 6.07) is 6.19. The van der Waals surface area contributed by atoms with Crippen LogP contribution < -0.4 is 16.0 Å². The third kappa shape index (κ3) is 3.15. The number of amides is 2. The van der Waals surface area contributed by atoms with Gasteiger partial charge in [0.05, 0.1) is 0 Å². The number of carbonyl (C=O) groups is 1. The van der Waals surface area contributed by atoms with Crippen LogP contribution in [0.15, 0.2) is 18.2 Å². The molecule has 98 valence electrons. The molecule has 3 N–H and O–H groups in total. The van der Waals surface area contributed by atoms with Crippen LogP contribution in [0.25, 0.3) is 0 Å². The van der Waals surface area contributed by atoms with E-state index in [1.54, 1.807) is 0 Å². The van der Waals surface area contributed by atoms with Gasteiger partial charge in [-0.2, -0.15) is 0 Å². The number of urea groups is 1. The molecule has 0 saturated carbocycles. The number of fused-ring (bicyclic) bond motifs is 1. The number of nitrogens with one attached hydrogen (secondary N) is 3. The van der Waals surface area contributed by atoms with Crippen molar-refractivity contribution in [3.63, 3.8) is 0 Å². The third-order valence-electron chi connectivity index (χ3n) is 3.14. The Hall–Kier alpha value is -1.71. The molecule has 0 bridgehead atoms. The first-order chi connectivity index (χ1) is 8.81. The first-order valence-electron chi connectivity index (χ1n) is 6.67. The molecule has 0 radical (unpaired) electrons. The molecule has 0 atom stereocenters. The van der Waals surface area contributed by atoms with Gasteiger partial charge in [0.15, 0.2) is 0 Å². The summed E-state index contributed by atoms with van der Waals surface area (Å²) in [5, 5.41) is 9.13. The summed E-state index contributed by atoms with van der Waals surface area (Å²) in [5.41, 5.74) is 3.73. The van der Waals surface area contributed by atoms with Gasteiger partial charge in [-0.25, -0.2) is 4.79 Å². The lowest BCUT2D eigenvalue weighted by Gasteiger charge is -2.21. The fraction of sp³-hybridized carbons (Fsp3) is 0.500. The Morgan fingerprint density at radius 1 is 1.39 bits per heavy atom. The molecular weight excluding hydrogens is 226 g/mol. The smallest absolute Gasteiger partial charge is 0.315 e. The molecular formula is C14H21N3O. The van der Waals surface area contributed by atoms with Crippen molar-refractivity contribution in [3.8, 4) is 0 Å². The van der Waals surface area contributed by atoms with Crippen LogP contribution in [-0.2, 0) is 13.0 Å². The summed E-state index contributed by atoms with van der Waals surface area (Å²) >= 11 is 0. The fourth-order valence-corrected chi connectivity index (χ4v) is 2.20. The summed E-state index contributed by atoms with van der Waals surface area (Å²) in [6.45, 7) is 4.35. The number of anilines is 1. The van der Waals surface area contributed by atoms with Crippen molar-refractivity contribution in [2.75, 3.05) is 18.4 Å². The van der Waals surface area contributed by atoms with Gasteiger partial charge in [0.1, 0.15) is 0 Å². The van der Waals surface area contributed by atoms with Gasteiger partial charge in [0.2, 0.25) is 0 Å². The maximum absolute atomic E-state index is 11.5. The molecule has 2 rings (SSSR count). The summed E-state index contributed by atoms with van der Waals surface area (Å²) in [4.78, 5) is 11.5. The molecule has 1 aromatic rings. The molecule has 4 nitrogen and oxygen atoms in total. The zero-order valence-corrected chi connectivity index (χ0v) is 10.9. The van der Waals surface area contributed by atoms with Gasteiger partial charge in [-0.1, -0.05) is 25.1 Å². The van der Waals surface area contributed by atoms with Crippen LogP contribution in [0.1, 0.15) is 30.9 Å². The van der Waals surface area contributed by atoms with Crippen LogP contribution in [0.3, 0.4) is 0 Å². The number of rotatable bonds is 4. The average molecular weight is 247 g/mol. The van der Waals surface area contributed by atoms with Crippen LogP contribution in [0.4, 0.5) is 10.5 Å². The SMILES string of the molecule is CCCNC(=O)NCc1cccc2c1NCCC2. The van der Waals surface area contributed by atoms with Gasteiger partial charge in [0.25, 0.3) is 0 Å². The van der Waals surface area contributed by atoms with E-state index in [1.807, 2.05) is 6.92 Å². The lowest BCUT2D eigenvalue weighted by molar-refractivity contribution is 0.240. The fourth-order valence-electron chi connectivity index (χ4n) is 2.20. The van der Waals surface area contributed by atoms with Crippen molar-refractivity contribution in [3.05, 3.63) is 29.3 Å². The second-order valence-corrected chi connectivity index (χ2v) is 4.59. The Bertz CT molecular complexity index is 418. The predicted molar refractivity (Wildman–Crippen MR) is 73.8 cm³/mol. The van der Waals surface area contributed by atoms with Gasteiger partial charge in [-0.05, 0) is 30.4 Å². The first kappa shape index (κ1) is 12.7. The van der Waals surface area contributed by atoms with E-state index in [9.17, 15) is 4.79 Å². The molecule has 1 aliphatic heterocycles. The van der Waals surface area contributed by atoms with E-state index in [2.05, 4.69) is 34.1 Å². The van der Waals surface area contributed by atoms with Gasteiger partial charge >= 0.3 is 6.03 Å². The molecule has 0 fully saturated rings. The van der Waals surface area contributed by atoms with Crippen LogP contribution in [0.5, 0.6) is 0 Å². The monoisotopic (exact) mass is 247 g/mol. The largest absolute Gasteiger partial charge is 0.385 e. The van der Waals surface area contributed by atoms with Gasteiger partial charge in [-0.15, -0.1) is 0 Å². The quantitative estimate of drug-likeness (QED) is 0.764. The molecule has 0 spiro atoms. The van der Waals surface area contributed by atoms with Crippen molar-refractivity contribution in [2.45, 2.75) is 32.7 Å². The maximum Gasteiger partial charge on any atom is 0.315 e. The number of aryl methyl sites for hydroxylation is 1. The van der Waals surface area contributed by atoms with E-state index in [-0.39, 0.29) is 6.03 Å². The number of para-hydroxylation sites is 1. The van der Waals surface area contributed by atoms with Crippen LogP contribution in [0.2, 0.25) is 0 Å². The van der Waals surface area contributed by atoms with Crippen molar-refractivity contribution in [2.24, 2.45) is 0 Å². The highest BCUT2D eigenvalue weighted by Crippen LogP contribution is 2.25. The summed E-state index contributed by atoms with van der Waals surface area (Å²) in [6.07, 6.45) is 3.26. The molecule has 4 heteroatoms. The predicted octanol–water partition coefficient (Wildman–Crippen LogP) is 2.25. The van der Waals surface area contributed by atoms with E-state index in [0.717, 1.165) is 25.9 Å². The zero-order valence-electron chi connectivity index (χ0n) is 10.9. The summed E-state index contributed by atoms with van der Waals surface area (Å²) in [5.74, 6) is 0. The Morgan fingerprint density at radius 3 is 3.11 bits per heavy atom. The highest BCUT2D eigenvalue weighted by molar-refractivity contribution is 5.74. The molecule has 2 amide bonds. The van der Waals surface area contributed by atoms with Crippen LogP contribution in [-0.4, -0.2) is 19.1 Å². The standard InChI is InChI=1S/C14H21N3O/c1-2-8-16-14(18)17-10-12-6-3-5-11-7-4-9-15-13(11)12/h3,5-6,15H,2,4,7-10H2,1H3,(H2,16,17,18). The number of benzene rings is 1. The molecule has 18 heavy (non-hydrogen) atoms. The Balaban J connectivity index is 1.95. The first-order valence-corrected chi connectivity index (χ1v) is 6.67. The lowest BCUT2D eigenvalue weighted by Crippen LogP contribution is -2.35. The van der Waals surface area contributed by atoms with Crippen LogP contribution in [0, 0.1) is 0 Å². The van der Waals surface area contributed by atoms with Crippen molar-refractivity contribution >= 4 is 11.7 Å². The van der Waals surface area contributed by atoms with Crippen molar-refractivity contribution < 1.29 is 4.79 Å². The van der Waals surface area contributed by atoms with E-state index >= 15 is 0 Å². The maximum atomic E-state index is 11.5. The highest BCUT2D eigenvalue weighted by Gasteiger charge is 2.12. The van der Waals surface area contributed by atoms with Crippen LogP contribution >= 0.6 is 0 Å². The summed E-state index contributed by atoms with van der Waals surface area (Å²) < 4.78 is 0. The number of hydrogen-bond donors (Lipinski definition) is 3. The summed E-state index contributed by atoms with van der Waals surface area (Å²) in [7, 11) is 0. The zero-order chi connectivity index (χ0) is 12.8. The molecule has 0 saturated heterocycles. The van der Waals surface area contributed by atoms with Gasteiger partial charge in [-0.3, -0.25) is 0 Å². The number of carbonyl (C=O) groups excluding carboxylic acids is 1. The Morgan fingerprint density at radius 2 is 2.28 bits per heavy atom. The minimum absolute atomic E-state index is 0.0923. The lowest BCUT2D eigenvalue weighted by atomic mass is 9.99. The number of hydrogen-bond acceptors (Lipinski definition) is 2. The normalized spacial score (nSPS) is 13.4. The van der Waals surface area contributed by atoms with E-state index in [0.29, 0.717) is 6.54 Å². The molecule has 1 heterocycles. The van der Waals surface area contributed by atoms with Gasteiger partial charge < -0.3 is 16.0 Å². The Kier molecular flexibility index (Phi) is 4.45. The average Bonchev–Trinajstić information content (AvgIpc) is 2.42. The second-order valence-electron chi connectivity index (χ2n) is 4.59. The molecule has 0 aliphatic carbocycles. The minimum atomic E-state index is -0.0923. The molecule has 1 aliphatic rings. The van der Waals surface area contributed by atoms with E-state index < -0.39 is 0 Å². The minimum Gasteiger partial charge on any atom is -0.385 e. The van der Waals surface area contributed by atoms with Crippen molar-refractivity contribution in [1.82, 2.24) is 10.6 Å². The second kappa shape index (κ2) is 6.28. The Labute approximate surface area is 108 Å². The third-order valence-corrected chi connectivity index (χ3v) is 3.14. The topological polar surface area (TPSA) is 53.2 Å². The van der Waals surface area contributed by atoms with Crippen molar-refractivity contribution in [1.29, 1.82) is 0 Å². The molecule has 0 unspecified atom stereocenters. The van der Waals surface area contributed by atoms with E-state index in [1.165, 1.54) is 23.2 Å².